The molecule has 0 saturated carbocycles. The quantitative estimate of drug-likeness (QED) is 0.376. The van der Waals surface area contributed by atoms with Crippen molar-refractivity contribution in [2.45, 2.75) is 51.2 Å². The molecule has 1 aromatic carbocycles. The van der Waals surface area contributed by atoms with Crippen LogP contribution in [0.3, 0.4) is 0 Å². The van der Waals surface area contributed by atoms with Crippen molar-refractivity contribution in [1.82, 2.24) is 24.2 Å². The minimum absolute atomic E-state index is 0.0947. The number of aromatic nitrogens is 3. The molecule has 2 saturated heterocycles. The summed E-state index contributed by atoms with van der Waals surface area (Å²) in [5.74, 6) is 0.887. The van der Waals surface area contributed by atoms with E-state index in [9.17, 15) is 13.5 Å². The van der Waals surface area contributed by atoms with E-state index in [1.165, 1.54) is 5.56 Å². The number of likely N-dealkylation sites (tertiary alicyclic amines) is 1. The van der Waals surface area contributed by atoms with E-state index in [0.717, 1.165) is 66.1 Å². The Balaban J connectivity index is 1.02. The van der Waals surface area contributed by atoms with Gasteiger partial charge in [0, 0.05) is 71.0 Å². The zero-order chi connectivity index (χ0) is 28.4. The fraction of sp³-hybridized carbons (Fsp3) is 0.552. The predicted molar refractivity (Wildman–Crippen MR) is 162 cm³/mol. The predicted octanol–water partition coefficient (Wildman–Crippen LogP) is 3.18. The summed E-state index contributed by atoms with van der Waals surface area (Å²) in [7, 11) is -3.32. The molecule has 0 bridgehead atoms. The fourth-order valence-electron chi connectivity index (χ4n) is 5.66. The topological polar surface area (TPSA) is 112 Å². The number of hydrogen-bond acceptors (Lipinski definition) is 10. The maximum Gasteiger partial charge on any atom is 0.274 e. The van der Waals surface area contributed by atoms with Crippen LogP contribution in [0.15, 0.2) is 36.7 Å². The third kappa shape index (κ3) is 6.72. The SMILES string of the molecule is CCCc1cnc(N2CCC(Oc3nc4ccc(C5=CCN(S(=O)(=O)CCN6CC(O)C6)CC5)cc4s3)CC2)nc1. The Hall–Kier alpha value is -2.64. The lowest BCUT2D eigenvalue weighted by Crippen LogP contribution is -2.52. The number of aliphatic hydroxyl groups excluding tert-OH is 1. The number of anilines is 1. The van der Waals surface area contributed by atoms with E-state index < -0.39 is 10.0 Å². The molecule has 41 heavy (non-hydrogen) atoms. The van der Waals surface area contributed by atoms with Crippen molar-refractivity contribution in [2.75, 3.05) is 56.5 Å². The van der Waals surface area contributed by atoms with Gasteiger partial charge in [-0.15, -0.1) is 0 Å². The van der Waals surface area contributed by atoms with Crippen LogP contribution in [0.25, 0.3) is 15.8 Å². The molecule has 0 spiro atoms. The number of rotatable bonds is 10. The van der Waals surface area contributed by atoms with Gasteiger partial charge in [-0.25, -0.2) is 23.4 Å². The first kappa shape index (κ1) is 28.5. The Morgan fingerprint density at radius 2 is 1.90 bits per heavy atom. The summed E-state index contributed by atoms with van der Waals surface area (Å²) in [4.78, 5) is 18.0. The van der Waals surface area contributed by atoms with Gasteiger partial charge in [0.15, 0.2) is 0 Å². The van der Waals surface area contributed by atoms with E-state index in [2.05, 4.69) is 33.9 Å². The Labute approximate surface area is 245 Å². The van der Waals surface area contributed by atoms with Gasteiger partial charge in [-0.3, -0.25) is 4.90 Å². The third-order valence-electron chi connectivity index (χ3n) is 8.13. The lowest BCUT2D eigenvalue weighted by Gasteiger charge is -2.36. The van der Waals surface area contributed by atoms with Gasteiger partial charge in [0.1, 0.15) is 6.10 Å². The molecule has 5 heterocycles. The Morgan fingerprint density at radius 3 is 2.59 bits per heavy atom. The molecule has 2 aromatic heterocycles. The van der Waals surface area contributed by atoms with Crippen molar-refractivity contribution in [3.63, 3.8) is 0 Å². The molecule has 10 nitrogen and oxygen atoms in total. The van der Waals surface area contributed by atoms with Crippen molar-refractivity contribution in [2.24, 2.45) is 0 Å². The number of aliphatic hydroxyl groups is 1. The van der Waals surface area contributed by atoms with E-state index in [1.807, 2.05) is 29.4 Å². The van der Waals surface area contributed by atoms with Crippen LogP contribution in [0.2, 0.25) is 0 Å². The highest BCUT2D eigenvalue weighted by Gasteiger charge is 2.29. The molecule has 0 aliphatic carbocycles. The molecule has 6 rings (SSSR count). The van der Waals surface area contributed by atoms with Gasteiger partial charge in [-0.05, 0) is 41.7 Å². The van der Waals surface area contributed by atoms with Crippen molar-refractivity contribution >= 4 is 43.1 Å². The van der Waals surface area contributed by atoms with Gasteiger partial charge < -0.3 is 14.7 Å². The van der Waals surface area contributed by atoms with Crippen molar-refractivity contribution in [1.29, 1.82) is 0 Å². The molecule has 12 heteroatoms. The maximum atomic E-state index is 12.8. The maximum absolute atomic E-state index is 12.8. The van der Waals surface area contributed by atoms with Gasteiger partial charge >= 0.3 is 0 Å². The number of aryl methyl sites for hydroxylation is 1. The number of hydrogen-bond donors (Lipinski definition) is 1. The summed E-state index contributed by atoms with van der Waals surface area (Å²) in [6, 6.07) is 6.25. The monoisotopic (exact) mass is 598 g/mol. The summed E-state index contributed by atoms with van der Waals surface area (Å²) < 4.78 is 34.5. The number of β-amino-alcohol motifs (C(OH)–C–C–N with tert-alkyl or cyclic N) is 1. The van der Waals surface area contributed by atoms with E-state index in [0.29, 0.717) is 44.3 Å². The van der Waals surface area contributed by atoms with Crippen LogP contribution >= 0.6 is 11.3 Å². The summed E-state index contributed by atoms with van der Waals surface area (Å²) in [5, 5.41) is 10.1. The van der Waals surface area contributed by atoms with Gasteiger partial charge in [-0.1, -0.05) is 36.8 Å². The van der Waals surface area contributed by atoms with Crippen LogP contribution in [-0.2, 0) is 16.4 Å². The smallest absolute Gasteiger partial charge is 0.274 e. The molecule has 220 valence electrons. The van der Waals surface area contributed by atoms with Crippen LogP contribution in [0.4, 0.5) is 5.95 Å². The average Bonchev–Trinajstić information content (AvgIpc) is 3.37. The second-order valence-electron chi connectivity index (χ2n) is 11.2. The highest BCUT2D eigenvalue weighted by Crippen LogP contribution is 2.33. The van der Waals surface area contributed by atoms with Gasteiger partial charge in [0.2, 0.25) is 16.0 Å². The van der Waals surface area contributed by atoms with Crippen LogP contribution in [-0.4, -0.2) is 101 Å². The zero-order valence-corrected chi connectivity index (χ0v) is 25.1. The van der Waals surface area contributed by atoms with Gasteiger partial charge in [0.25, 0.3) is 5.19 Å². The van der Waals surface area contributed by atoms with Crippen LogP contribution in [0, 0.1) is 0 Å². The minimum Gasteiger partial charge on any atom is -0.467 e. The number of piperidine rings is 1. The first-order valence-electron chi connectivity index (χ1n) is 14.6. The molecule has 0 radical (unpaired) electrons. The van der Waals surface area contributed by atoms with Crippen LogP contribution < -0.4 is 9.64 Å². The van der Waals surface area contributed by atoms with Gasteiger partial charge in [-0.2, -0.15) is 4.31 Å². The van der Waals surface area contributed by atoms with E-state index in [4.69, 9.17) is 9.72 Å². The molecule has 0 unspecified atom stereocenters. The van der Waals surface area contributed by atoms with E-state index in [-0.39, 0.29) is 18.0 Å². The van der Waals surface area contributed by atoms with Gasteiger partial charge in [0.05, 0.1) is 22.1 Å². The van der Waals surface area contributed by atoms with Crippen LogP contribution in [0.1, 0.15) is 43.7 Å². The number of thiazole rings is 1. The number of sulfonamides is 1. The summed E-state index contributed by atoms with van der Waals surface area (Å²) in [6.07, 6.45) is 10.3. The third-order valence-corrected chi connectivity index (χ3v) is 10.9. The van der Waals surface area contributed by atoms with Crippen LogP contribution in [0.5, 0.6) is 5.19 Å². The molecule has 3 aromatic rings. The summed E-state index contributed by atoms with van der Waals surface area (Å²) >= 11 is 1.57. The molecular weight excluding hydrogens is 560 g/mol. The molecule has 0 amide bonds. The second kappa shape index (κ2) is 12.3. The fourth-order valence-corrected chi connectivity index (χ4v) is 8.00. The lowest BCUT2D eigenvalue weighted by molar-refractivity contribution is 0.00610. The summed E-state index contributed by atoms with van der Waals surface area (Å²) in [6.45, 7) is 6.35. The normalized spacial score (nSPS) is 19.9. The van der Waals surface area contributed by atoms with E-state index in [1.54, 1.807) is 15.6 Å². The largest absolute Gasteiger partial charge is 0.467 e. The van der Waals surface area contributed by atoms with Crippen molar-refractivity contribution < 1.29 is 18.3 Å². The highest BCUT2D eigenvalue weighted by molar-refractivity contribution is 7.89. The molecule has 3 aliphatic rings. The van der Waals surface area contributed by atoms with E-state index >= 15 is 0 Å². The average molecular weight is 599 g/mol. The number of ether oxygens (including phenoxy) is 1. The molecule has 1 N–H and O–H groups in total. The first-order chi connectivity index (χ1) is 19.9. The number of benzene rings is 1. The number of nitrogens with zero attached hydrogens (tertiary/aromatic N) is 6. The molecular formula is C29H38N6O4S2. The zero-order valence-electron chi connectivity index (χ0n) is 23.5. The lowest BCUT2D eigenvalue weighted by atomic mass is 10.0. The minimum atomic E-state index is -3.32. The Bertz CT molecular complexity index is 1480. The molecule has 0 atom stereocenters. The molecule has 3 aliphatic heterocycles. The Kier molecular flexibility index (Phi) is 8.55. The van der Waals surface area contributed by atoms with Crippen molar-refractivity contribution in [3.05, 3.63) is 47.8 Å². The first-order valence-corrected chi connectivity index (χ1v) is 17.0. The Morgan fingerprint density at radius 1 is 1.12 bits per heavy atom. The highest BCUT2D eigenvalue weighted by atomic mass is 32.2. The van der Waals surface area contributed by atoms with Crippen molar-refractivity contribution in [3.8, 4) is 5.19 Å². The standard InChI is InChI=1S/C29H38N6O4S2/c1-2-3-21-17-30-28(31-18-21)34-10-8-25(9-11-34)39-29-32-26-5-4-23(16-27(26)40-29)22-6-12-35(13-7-22)41(37,38)15-14-33-19-24(36)20-33/h4-6,16-18,24-25,36H,2-3,7-15,19-20H2,1H3. The molecule has 2 fully saturated rings. The summed E-state index contributed by atoms with van der Waals surface area (Å²) in [5.41, 5.74) is 4.37. The number of fused-ring (bicyclic) bond motifs is 1. The second-order valence-corrected chi connectivity index (χ2v) is 14.3.